The Morgan fingerprint density at radius 3 is 2.40 bits per heavy atom. The van der Waals surface area contributed by atoms with E-state index in [0.717, 1.165) is 26.4 Å². The third-order valence-electron chi connectivity index (χ3n) is 2.77. The third-order valence-corrected chi connectivity index (χ3v) is 4.35. The summed E-state index contributed by atoms with van der Waals surface area (Å²) in [6.07, 6.45) is 0.978. The molecule has 104 valence electrons. The van der Waals surface area contributed by atoms with Crippen molar-refractivity contribution in [1.82, 2.24) is 0 Å². The molecule has 1 amide bonds. The van der Waals surface area contributed by atoms with Crippen LogP contribution in [0.15, 0.2) is 51.4 Å². The Morgan fingerprint density at radius 2 is 1.75 bits per heavy atom. The van der Waals surface area contributed by atoms with Crippen molar-refractivity contribution in [3.8, 4) is 0 Å². The Hall–Kier alpha value is -0.650. The molecule has 0 atom stereocenters. The van der Waals surface area contributed by atoms with Crippen molar-refractivity contribution in [3.63, 3.8) is 0 Å². The van der Waals surface area contributed by atoms with Crippen LogP contribution in [0.2, 0.25) is 0 Å². The third kappa shape index (κ3) is 4.17. The van der Waals surface area contributed by atoms with Gasteiger partial charge < -0.3 is 5.32 Å². The summed E-state index contributed by atoms with van der Waals surface area (Å²) in [4.78, 5) is 12.2. The molecule has 0 radical (unpaired) electrons. The van der Waals surface area contributed by atoms with Crippen LogP contribution in [-0.2, 0) is 6.42 Å². The van der Waals surface area contributed by atoms with Gasteiger partial charge in [-0.25, -0.2) is 0 Å². The molecule has 5 heteroatoms. The number of benzene rings is 2. The second-order valence-electron chi connectivity index (χ2n) is 4.21. The highest BCUT2D eigenvalue weighted by Crippen LogP contribution is 2.22. The molecule has 0 saturated carbocycles. The van der Waals surface area contributed by atoms with E-state index in [9.17, 15) is 4.79 Å². The first-order valence-electron chi connectivity index (χ1n) is 6.01. The number of hydrogen-bond donors (Lipinski definition) is 1. The van der Waals surface area contributed by atoms with Crippen molar-refractivity contribution in [1.29, 1.82) is 0 Å². The van der Waals surface area contributed by atoms with Gasteiger partial charge in [0.2, 0.25) is 0 Å². The molecule has 2 aromatic carbocycles. The summed E-state index contributed by atoms with van der Waals surface area (Å²) in [5, 5.41) is 3.83. The highest BCUT2D eigenvalue weighted by molar-refractivity contribution is 9.11. The predicted octanol–water partition coefficient (Wildman–Crippen LogP) is 5.40. The van der Waals surface area contributed by atoms with Crippen molar-refractivity contribution < 1.29 is 4.79 Å². The number of alkyl halides is 1. The van der Waals surface area contributed by atoms with Gasteiger partial charge in [0.05, 0.1) is 5.56 Å². The van der Waals surface area contributed by atoms with Crippen LogP contribution in [0.4, 0.5) is 5.69 Å². The monoisotopic (exact) mass is 459 g/mol. The first kappa shape index (κ1) is 15.7. The molecule has 1 N–H and O–H groups in total. The second kappa shape index (κ2) is 7.38. The molecule has 2 nitrogen and oxygen atoms in total. The smallest absolute Gasteiger partial charge is 0.256 e. The lowest BCUT2D eigenvalue weighted by atomic mass is 10.1. The Labute approximate surface area is 143 Å². The standard InChI is InChI=1S/C15H12Br3NO/c16-8-7-10-1-4-12(5-2-10)19-15(20)13-9-11(17)3-6-14(13)18/h1-6,9H,7-8H2,(H,19,20). The van der Waals surface area contributed by atoms with Gasteiger partial charge in [0, 0.05) is 20.0 Å². The zero-order chi connectivity index (χ0) is 14.5. The first-order chi connectivity index (χ1) is 9.60. The molecule has 0 bridgehead atoms. The van der Waals surface area contributed by atoms with E-state index < -0.39 is 0 Å². The minimum absolute atomic E-state index is 0.133. The minimum Gasteiger partial charge on any atom is -0.322 e. The molecule has 0 fully saturated rings. The van der Waals surface area contributed by atoms with Crippen LogP contribution < -0.4 is 5.32 Å². The molecule has 0 aliphatic heterocycles. The van der Waals surface area contributed by atoms with Crippen molar-refractivity contribution in [2.75, 3.05) is 10.6 Å². The van der Waals surface area contributed by atoms with Crippen LogP contribution >= 0.6 is 47.8 Å². The van der Waals surface area contributed by atoms with Crippen LogP contribution in [-0.4, -0.2) is 11.2 Å². The van der Waals surface area contributed by atoms with E-state index in [0.29, 0.717) is 5.56 Å². The van der Waals surface area contributed by atoms with Gasteiger partial charge in [-0.2, -0.15) is 0 Å². The number of anilines is 1. The molecule has 0 spiro atoms. The maximum Gasteiger partial charge on any atom is 0.256 e. The number of amides is 1. The molecule has 0 aromatic heterocycles. The van der Waals surface area contributed by atoms with E-state index in [1.54, 1.807) is 6.07 Å². The quantitative estimate of drug-likeness (QED) is 0.607. The van der Waals surface area contributed by atoms with Gasteiger partial charge in [-0.1, -0.05) is 44.0 Å². The number of nitrogens with one attached hydrogen (secondary N) is 1. The van der Waals surface area contributed by atoms with Crippen LogP contribution in [0, 0.1) is 0 Å². The van der Waals surface area contributed by atoms with E-state index in [4.69, 9.17) is 0 Å². The fourth-order valence-electron chi connectivity index (χ4n) is 1.73. The topological polar surface area (TPSA) is 29.1 Å². The van der Waals surface area contributed by atoms with Crippen LogP contribution in [0.5, 0.6) is 0 Å². The molecular weight excluding hydrogens is 450 g/mol. The van der Waals surface area contributed by atoms with E-state index in [1.165, 1.54) is 5.56 Å². The lowest BCUT2D eigenvalue weighted by molar-refractivity contribution is 0.102. The maximum absolute atomic E-state index is 12.2. The number of hydrogen-bond acceptors (Lipinski definition) is 1. The molecule has 2 aromatic rings. The van der Waals surface area contributed by atoms with Gasteiger partial charge in [0.1, 0.15) is 0 Å². The summed E-state index contributed by atoms with van der Waals surface area (Å²) >= 11 is 10.2. The van der Waals surface area contributed by atoms with Gasteiger partial charge in [-0.3, -0.25) is 4.79 Å². The SMILES string of the molecule is O=C(Nc1ccc(CCBr)cc1)c1cc(Br)ccc1Br. The number of halogens is 3. The van der Waals surface area contributed by atoms with E-state index in [-0.39, 0.29) is 5.91 Å². The van der Waals surface area contributed by atoms with Crippen LogP contribution in [0.25, 0.3) is 0 Å². The average Bonchev–Trinajstić information content (AvgIpc) is 2.44. The zero-order valence-corrected chi connectivity index (χ0v) is 15.3. The van der Waals surface area contributed by atoms with Gasteiger partial charge >= 0.3 is 0 Å². The lowest BCUT2D eigenvalue weighted by Crippen LogP contribution is -2.12. The molecule has 0 aliphatic carbocycles. The Kier molecular flexibility index (Phi) is 5.81. The fourth-order valence-corrected chi connectivity index (χ4v) is 2.98. The normalized spacial score (nSPS) is 10.3. The zero-order valence-electron chi connectivity index (χ0n) is 10.5. The summed E-state index contributed by atoms with van der Waals surface area (Å²) in [7, 11) is 0. The van der Waals surface area contributed by atoms with Crippen molar-refractivity contribution in [3.05, 3.63) is 62.5 Å². The minimum atomic E-state index is -0.133. The van der Waals surface area contributed by atoms with Crippen molar-refractivity contribution in [2.45, 2.75) is 6.42 Å². The summed E-state index contributed by atoms with van der Waals surface area (Å²) in [5.74, 6) is -0.133. The Balaban J connectivity index is 2.13. The molecule has 0 unspecified atom stereocenters. The van der Waals surface area contributed by atoms with Gasteiger partial charge in [-0.15, -0.1) is 0 Å². The van der Waals surface area contributed by atoms with Gasteiger partial charge in [0.25, 0.3) is 5.91 Å². The second-order valence-corrected chi connectivity index (χ2v) is 6.78. The van der Waals surface area contributed by atoms with Crippen LogP contribution in [0.1, 0.15) is 15.9 Å². The molecular formula is C15H12Br3NO. The van der Waals surface area contributed by atoms with Crippen molar-refractivity contribution in [2.24, 2.45) is 0 Å². The summed E-state index contributed by atoms with van der Waals surface area (Å²) in [5.41, 5.74) is 2.63. The van der Waals surface area contributed by atoms with Crippen molar-refractivity contribution >= 4 is 59.4 Å². The van der Waals surface area contributed by atoms with E-state index in [1.807, 2.05) is 36.4 Å². The van der Waals surface area contributed by atoms with Crippen LogP contribution in [0.3, 0.4) is 0 Å². The predicted molar refractivity (Wildman–Crippen MR) is 93.7 cm³/mol. The van der Waals surface area contributed by atoms with E-state index in [2.05, 4.69) is 53.1 Å². The number of rotatable bonds is 4. The number of aryl methyl sites for hydroxylation is 1. The first-order valence-corrected chi connectivity index (χ1v) is 8.72. The summed E-state index contributed by atoms with van der Waals surface area (Å²) < 4.78 is 1.65. The highest BCUT2D eigenvalue weighted by atomic mass is 79.9. The Morgan fingerprint density at radius 1 is 1.05 bits per heavy atom. The fraction of sp³-hybridized carbons (Fsp3) is 0.133. The highest BCUT2D eigenvalue weighted by Gasteiger charge is 2.10. The summed E-state index contributed by atoms with van der Waals surface area (Å²) in [6.45, 7) is 0. The molecule has 0 heterocycles. The largest absolute Gasteiger partial charge is 0.322 e. The van der Waals surface area contributed by atoms with Gasteiger partial charge in [-0.05, 0) is 58.2 Å². The number of carbonyl (C=O) groups is 1. The molecule has 20 heavy (non-hydrogen) atoms. The number of carbonyl (C=O) groups excluding carboxylic acids is 1. The van der Waals surface area contributed by atoms with Gasteiger partial charge in [0.15, 0.2) is 0 Å². The average molecular weight is 462 g/mol. The molecule has 2 rings (SSSR count). The van der Waals surface area contributed by atoms with E-state index >= 15 is 0 Å². The molecule has 0 aliphatic rings. The Bertz CT molecular complexity index is 611. The lowest BCUT2D eigenvalue weighted by Gasteiger charge is -2.08. The maximum atomic E-state index is 12.2. The molecule has 0 saturated heterocycles. The summed E-state index contributed by atoms with van der Waals surface area (Å²) in [6, 6.07) is 13.4.